The standard InChI is InChI=1S/C17H29NO/c1-4-6-12-19-13-11-16(14-18-5-2)17-10-8-7-9-15(17)3/h7-10,16,18H,4-6,11-14H2,1-3H3. The average molecular weight is 263 g/mol. The van der Waals surface area contributed by atoms with Crippen LogP contribution in [-0.4, -0.2) is 26.3 Å². The van der Waals surface area contributed by atoms with E-state index in [0.29, 0.717) is 5.92 Å². The molecular formula is C17H29NO. The maximum Gasteiger partial charge on any atom is 0.0472 e. The lowest BCUT2D eigenvalue weighted by atomic mass is 9.92. The molecule has 0 aliphatic heterocycles. The zero-order valence-corrected chi connectivity index (χ0v) is 12.7. The third-order valence-electron chi connectivity index (χ3n) is 3.52. The van der Waals surface area contributed by atoms with Crippen molar-refractivity contribution in [3.05, 3.63) is 35.4 Å². The van der Waals surface area contributed by atoms with Crippen LogP contribution in [0.5, 0.6) is 0 Å². The molecule has 0 radical (unpaired) electrons. The summed E-state index contributed by atoms with van der Waals surface area (Å²) in [5.74, 6) is 0.558. The fraction of sp³-hybridized carbons (Fsp3) is 0.647. The van der Waals surface area contributed by atoms with Gasteiger partial charge in [-0.15, -0.1) is 0 Å². The average Bonchev–Trinajstić information content (AvgIpc) is 2.43. The van der Waals surface area contributed by atoms with Crippen LogP contribution in [0.25, 0.3) is 0 Å². The highest BCUT2D eigenvalue weighted by atomic mass is 16.5. The van der Waals surface area contributed by atoms with E-state index in [-0.39, 0.29) is 0 Å². The maximum absolute atomic E-state index is 5.72. The van der Waals surface area contributed by atoms with E-state index in [1.807, 2.05) is 0 Å². The number of hydrogen-bond donors (Lipinski definition) is 1. The second-order valence-corrected chi connectivity index (χ2v) is 5.12. The van der Waals surface area contributed by atoms with Gasteiger partial charge in [-0.3, -0.25) is 0 Å². The number of ether oxygens (including phenoxy) is 1. The van der Waals surface area contributed by atoms with Crippen molar-refractivity contribution in [3.8, 4) is 0 Å². The molecule has 1 rings (SSSR count). The fourth-order valence-corrected chi connectivity index (χ4v) is 2.30. The van der Waals surface area contributed by atoms with Crippen molar-refractivity contribution in [1.82, 2.24) is 5.32 Å². The highest BCUT2D eigenvalue weighted by Gasteiger charge is 2.12. The molecule has 1 atom stereocenters. The van der Waals surface area contributed by atoms with Crippen LogP contribution in [-0.2, 0) is 4.74 Å². The van der Waals surface area contributed by atoms with Crippen LogP contribution in [0, 0.1) is 6.92 Å². The fourth-order valence-electron chi connectivity index (χ4n) is 2.30. The molecule has 0 saturated carbocycles. The van der Waals surface area contributed by atoms with E-state index >= 15 is 0 Å². The molecule has 1 aromatic carbocycles. The number of unbranched alkanes of at least 4 members (excludes halogenated alkanes) is 1. The molecule has 2 heteroatoms. The Morgan fingerprint density at radius 1 is 1.16 bits per heavy atom. The summed E-state index contributed by atoms with van der Waals surface area (Å²) >= 11 is 0. The molecule has 0 aliphatic rings. The molecule has 1 aromatic rings. The Balaban J connectivity index is 2.49. The predicted molar refractivity (Wildman–Crippen MR) is 82.8 cm³/mol. The summed E-state index contributed by atoms with van der Waals surface area (Å²) in [7, 11) is 0. The van der Waals surface area contributed by atoms with E-state index in [9.17, 15) is 0 Å². The molecule has 0 saturated heterocycles. The van der Waals surface area contributed by atoms with Gasteiger partial charge in [0.15, 0.2) is 0 Å². The van der Waals surface area contributed by atoms with Gasteiger partial charge in [-0.05, 0) is 43.4 Å². The van der Waals surface area contributed by atoms with Gasteiger partial charge in [-0.2, -0.15) is 0 Å². The van der Waals surface area contributed by atoms with Gasteiger partial charge in [-0.25, -0.2) is 0 Å². The lowest BCUT2D eigenvalue weighted by molar-refractivity contribution is 0.124. The Hall–Kier alpha value is -0.860. The van der Waals surface area contributed by atoms with Gasteiger partial charge in [0.1, 0.15) is 0 Å². The van der Waals surface area contributed by atoms with E-state index in [2.05, 4.69) is 50.4 Å². The first-order valence-electron chi connectivity index (χ1n) is 7.63. The third kappa shape index (κ3) is 6.22. The van der Waals surface area contributed by atoms with Crippen molar-refractivity contribution in [2.24, 2.45) is 0 Å². The van der Waals surface area contributed by atoms with Crippen molar-refractivity contribution in [2.75, 3.05) is 26.3 Å². The Morgan fingerprint density at radius 2 is 1.95 bits per heavy atom. The molecule has 0 aliphatic carbocycles. The molecule has 19 heavy (non-hydrogen) atoms. The predicted octanol–water partition coefficient (Wildman–Crippen LogP) is 3.89. The normalized spacial score (nSPS) is 12.6. The zero-order valence-electron chi connectivity index (χ0n) is 12.7. The van der Waals surface area contributed by atoms with Crippen molar-refractivity contribution in [1.29, 1.82) is 0 Å². The van der Waals surface area contributed by atoms with Crippen LogP contribution >= 0.6 is 0 Å². The molecule has 1 unspecified atom stereocenters. The van der Waals surface area contributed by atoms with Gasteiger partial charge < -0.3 is 10.1 Å². The van der Waals surface area contributed by atoms with Crippen LogP contribution < -0.4 is 5.32 Å². The van der Waals surface area contributed by atoms with Gasteiger partial charge in [0, 0.05) is 19.8 Å². The minimum atomic E-state index is 0.558. The van der Waals surface area contributed by atoms with Crippen molar-refractivity contribution in [3.63, 3.8) is 0 Å². The highest BCUT2D eigenvalue weighted by molar-refractivity contribution is 5.29. The van der Waals surface area contributed by atoms with Crippen LogP contribution in [0.1, 0.15) is 50.2 Å². The first-order valence-corrected chi connectivity index (χ1v) is 7.63. The van der Waals surface area contributed by atoms with E-state index < -0.39 is 0 Å². The van der Waals surface area contributed by atoms with Crippen molar-refractivity contribution in [2.45, 2.75) is 46.0 Å². The number of aryl methyl sites for hydroxylation is 1. The van der Waals surface area contributed by atoms with E-state index in [0.717, 1.165) is 32.7 Å². The minimum absolute atomic E-state index is 0.558. The number of nitrogens with one attached hydrogen (secondary N) is 1. The molecule has 108 valence electrons. The summed E-state index contributed by atoms with van der Waals surface area (Å²) in [6.07, 6.45) is 3.47. The highest BCUT2D eigenvalue weighted by Crippen LogP contribution is 2.22. The summed E-state index contributed by atoms with van der Waals surface area (Å²) in [5, 5.41) is 3.47. The van der Waals surface area contributed by atoms with Crippen LogP contribution in [0.3, 0.4) is 0 Å². The summed E-state index contributed by atoms with van der Waals surface area (Å²) in [4.78, 5) is 0. The van der Waals surface area contributed by atoms with Gasteiger partial charge in [-0.1, -0.05) is 44.5 Å². The van der Waals surface area contributed by atoms with Gasteiger partial charge in [0.25, 0.3) is 0 Å². The summed E-state index contributed by atoms with van der Waals surface area (Å²) in [6.45, 7) is 10.4. The summed E-state index contributed by atoms with van der Waals surface area (Å²) < 4.78 is 5.72. The zero-order chi connectivity index (χ0) is 13.9. The maximum atomic E-state index is 5.72. The van der Waals surface area contributed by atoms with Crippen molar-refractivity contribution >= 4 is 0 Å². The molecule has 0 fully saturated rings. The topological polar surface area (TPSA) is 21.3 Å². The Bertz CT molecular complexity index is 338. The lowest BCUT2D eigenvalue weighted by Gasteiger charge is -2.20. The Kier molecular flexibility index (Phi) is 8.52. The molecule has 0 bridgehead atoms. The smallest absolute Gasteiger partial charge is 0.0472 e. The molecule has 2 nitrogen and oxygen atoms in total. The van der Waals surface area contributed by atoms with Gasteiger partial charge >= 0.3 is 0 Å². The Morgan fingerprint density at radius 3 is 2.63 bits per heavy atom. The van der Waals surface area contributed by atoms with Gasteiger partial charge in [0.05, 0.1) is 0 Å². The monoisotopic (exact) mass is 263 g/mol. The number of likely N-dealkylation sites (N-methyl/N-ethyl adjacent to an activating group) is 1. The van der Waals surface area contributed by atoms with E-state index in [1.165, 1.54) is 24.0 Å². The lowest BCUT2D eigenvalue weighted by Crippen LogP contribution is -2.23. The first kappa shape index (κ1) is 16.2. The number of benzene rings is 1. The summed E-state index contributed by atoms with van der Waals surface area (Å²) in [6, 6.07) is 8.70. The first-order chi connectivity index (χ1) is 9.29. The quantitative estimate of drug-likeness (QED) is 0.647. The minimum Gasteiger partial charge on any atom is -0.381 e. The largest absolute Gasteiger partial charge is 0.381 e. The van der Waals surface area contributed by atoms with E-state index in [1.54, 1.807) is 0 Å². The van der Waals surface area contributed by atoms with Crippen LogP contribution in [0.4, 0.5) is 0 Å². The van der Waals surface area contributed by atoms with Gasteiger partial charge in [0.2, 0.25) is 0 Å². The second kappa shape index (κ2) is 9.99. The molecule has 0 heterocycles. The Labute approximate surface area is 118 Å². The third-order valence-corrected chi connectivity index (χ3v) is 3.52. The van der Waals surface area contributed by atoms with E-state index in [4.69, 9.17) is 4.74 Å². The number of hydrogen-bond acceptors (Lipinski definition) is 2. The SMILES string of the molecule is CCCCOCCC(CNCC)c1ccccc1C. The second-order valence-electron chi connectivity index (χ2n) is 5.12. The molecule has 1 N–H and O–H groups in total. The summed E-state index contributed by atoms with van der Waals surface area (Å²) in [5.41, 5.74) is 2.85. The van der Waals surface area contributed by atoms with Crippen LogP contribution in [0.2, 0.25) is 0 Å². The van der Waals surface area contributed by atoms with Crippen molar-refractivity contribution < 1.29 is 4.74 Å². The number of rotatable bonds is 10. The molecule has 0 spiro atoms. The van der Waals surface area contributed by atoms with Crippen LogP contribution in [0.15, 0.2) is 24.3 Å². The molecule has 0 aromatic heterocycles. The molecule has 0 amide bonds. The molecular weight excluding hydrogens is 234 g/mol.